The molecule has 9 heteroatoms. The number of nitrogens with one attached hydrogen (secondary N) is 1. The Labute approximate surface area is 195 Å². The predicted molar refractivity (Wildman–Crippen MR) is 133 cm³/mol. The molecule has 0 radical (unpaired) electrons. The van der Waals surface area contributed by atoms with Crippen molar-refractivity contribution in [1.29, 1.82) is 0 Å². The van der Waals surface area contributed by atoms with E-state index in [0.717, 1.165) is 38.4 Å². The summed E-state index contributed by atoms with van der Waals surface area (Å²) in [5.41, 5.74) is 1.82. The number of aryl methyl sites for hydroxylation is 2. The second-order valence-electron chi connectivity index (χ2n) is 7.49. The fourth-order valence-corrected chi connectivity index (χ4v) is 3.97. The molecule has 1 amide bonds. The first kappa shape index (κ1) is 24.1. The van der Waals surface area contributed by atoms with Crippen LogP contribution in [0.15, 0.2) is 63.1 Å². The number of thioether (sulfide) groups is 1. The molecule has 1 heterocycles. The molecular weight excluding hydrogens is 440 g/mol. The molecule has 3 aromatic rings. The number of hydrogen-bond donors (Lipinski definition) is 2. The number of hydrogen-bond acceptors (Lipinski definition) is 6. The zero-order chi connectivity index (χ0) is 24.1. The second-order valence-corrected chi connectivity index (χ2v) is 8.46. The number of anilines is 1. The molecule has 8 nitrogen and oxygen atoms in total. The van der Waals surface area contributed by atoms with Gasteiger partial charge in [0.2, 0.25) is 11.8 Å². The van der Waals surface area contributed by atoms with Crippen molar-refractivity contribution in [1.82, 2.24) is 9.13 Å². The molecule has 0 fully saturated rings. The molecule has 0 bridgehead atoms. The zero-order valence-electron chi connectivity index (χ0n) is 19.0. The van der Waals surface area contributed by atoms with Crippen LogP contribution in [-0.2, 0) is 25.3 Å². The predicted octanol–water partition coefficient (Wildman–Crippen LogP) is 3.11. The Hall–Kier alpha value is -3.59. The molecule has 3 rings (SSSR count). The lowest BCUT2D eigenvalue weighted by atomic mass is 10.1. The molecule has 0 spiro atoms. The lowest BCUT2D eigenvalue weighted by Crippen LogP contribution is -2.39. The summed E-state index contributed by atoms with van der Waals surface area (Å²) in [7, 11) is 2.70. The average molecular weight is 467 g/mol. The topological polar surface area (TPSA) is 106 Å². The summed E-state index contributed by atoms with van der Waals surface area (Å²) < 4.78 is 1.87. The quantitative estimate of drug-likeness (QED) is 0.429. The van der Waals surface area contributed by atoms with Crippen LogP contribution in [0.3, 0.4) is 0 Å². The van der Waals surface area contributed by atoms with Crippen LogP contribution >= 0.6 is 11.8 Å². The first-order chi connectivity index (χ1) is 15.7. The average Bonchev–Trinajstić information content (AvgIpc) is 2.82. The van der Waals surface area contributed by atoms with Crippen molar-refractivity contribution in [3.63, 3.8) is 0 Å². The maximum Gasteiger partial charge on any atom is 0.333 e. The number of para-hydroxylation sites is 1. The Morgan fingerprint density at radius 2 is 1.73 bits per heavy atom. The van der Waals surface area contributed by atoms with Crippen molar-refractivity contribution in [2.24, 2.45) is 19.1 Å². The Balaban J connectivity index is 1.99. The van der Waals surface area contributed by atoms with Gasteiger partial charge in [-0.2, -0.15) is 0 Å². The Morgan fingerprint density at radius 1 is 1.06 bits per heavy atom. The number of aliphatic imine (C=N–C) groups is 1. The third kappa shape index (κ3) is 5.43. The molecule has 0 saturated heterocycles. The summed E-state index contributed by atoms with van der Waals surface area (Å²) in [6, 6.07) is 14.8. The summed E-state index contributed by atoms with van der Waals surface area (Å²) in [5, 5.41) is 13.6. The highest BCUT2D eigenvalue weighted by Crippen LogP contribution is 2.24. The normalized spacial score (nSPS) is 11.5. The van der Waals surface area contributed by atoms with Crippen LogP contribution in [0.5, 0.6) is 5.88 Å². The summed E-state index contributed by atoms with van der Waals surface area (Å²) >= 11 is 1.01. The molecule has 2 aromatic carbocycles. The minimum absolute atomic E-state index is 0.0500. The van der Waals surface area contributed by atoms with Gasteiger partial charge in [0.1, 0.15) is 10.6 Å². The fourth-order valence-electron chi connectivity index (χ4n) is 3.14. The highest BCUT2D eigenvalue weighted by atomic mass is 32.2. The number of aromatic nitrogens is 2. The van der Waals surface area contributed by atoms with E-state index < -0.39 is 17.1 Å². The second kappa shape index (κ2) is 10.4. The van der Waals surface area contributed by atoms with Crippen LogP contribution in [0.1, 0.15) is 23.6 Å². The highest BCUT2D eigenvalue weighted by Gasteiger charge is 2.22. The lowest BCUT2D eigenvalue weighted by molar-refractivity contribution is -0.113. The molecule has 0 aliphatic carbocycles. The van der Waals surface area contributed by atoms with Crippen LogP contribution in [0.4, 0.5) is 11.4 Å². The van der Waals surface area contributed by atoms with Gasteiger partial charge in [0.25, 0.3) is 5.56 Å². The smallest absolute Gasteiger partial charge is 0.333 e. The number of amides is 1. The summed E-state index contributed by atoms with van der Waals surface area (Å²) in [6.45, 7) is 3.93. The van der Waals surface area contributed by atoms with Gasteiger partial charge in [-0.25, -0.2) is 9.79 Å². The van der Waals surface area contributed by atoms with Crippen molar-refractivity contribution in [2.75, 3.05) is 11.1 Å². The number of aromatic hydroxyl groups is 1. The van der Waals surface area contributed by atoms with Gasteiger partial charge in [-0.1, -0.05) is 49.0 Å². The van der Waals surface area contributed by atoms with E-state index >= 15 is 0 Å². The van der Waals surface area contributed by atoms with Crippen molar-refractivity contribution in [3.8, 4) is 5.88 Å². The van der Waals surface area contributed by atoms with Gasteiger partial charge in [0.15, 0.2) is 0 Å². The van der Waals surface area contributed by atoms with E-state index in [1.807, 2.05) is 44.2 Å². The third-order valence-electron chi connectivity index (χ3n) is 5.18. The monoisotopic (exact) mass is 466 g/mol. The van der Waals surface area contributed by atoms with E-state index in [4.69, 9.17) is 0 Å². The van der Waals surface area contributed by atoms with Gasteiger partial charge in [-0.3, -0.25) is 18.7 Å². The molecule has 33 heavy (non-hydrogen) atoms. The molecule has 0 atom stereocenters. The van der Waals surface area contributed by atoms with E-state index in [-0.39, 0.29) is 22.3 Å². The van der Waals surface area contributed by atoms with Crippen molar-refractivity contribution >= 4 is 34.1 Å². The molecule has 172 valence electrons. The molecule has 1 aromatic heterocycles. The first-order valence-electron chi connectivity index (χ1n) is 10.4. The van der Waals surface area contributed by atoms with Crippen molar-refractivity contribution in [2.45, 2.75) is 20.3 Å². The number of carbonyl (C=O) groups excluding carboxylic acids is 1. The zero-order valence-corrected chi connectivity index (χ0v) is 19.8. The standard InChI is InChI=1S/C24H26N4O4S/c1-5-16-10-12-17(13-11-16)25-21(20-22(30)27(3)24(32)28(4)23(20)31)33-14-19(29)26-18-9-7-6-8-15(18)2/h6-13,30H,5,14H2,1-4H3,(H,26,29). The van der Waals surface area contributed by atoms with E-state index in [1.165, 1.54) is 14.1 Å². The molecular formula is C24H26N4O4S. The fraction of sp³-hybridized carbons (Fsp3) is 0.250. The number of benzene rings is 2. The van der Waals surface area contributed by atoms with Gasteiger partial charge in [0.05, 0.1) is 11.4 Å². The minimum Gasteiger partial charge on any atom is -0.494 e. The lowest BCUT2D eigenvalue weighted by Gasteiger charge is -2.13. The first-order valence-corrected chi connectivity index (χ1v) is 11.4. The molecule has 0 unspecified atom stereocenters. The summed E-state index contributed by atoms with van der Waals surface area (Å²) in [5.74, 6) is -0.839. The largest absolute Gasteiger partial charge is 0.494 e. The van der Waals surface area contributed by atoms with Crippen LogP contribution in [0.2, 0.25) is 0 Å². The van der Waals surface area contributed by atoms with Gasteiger partial charge in [-0.05, 0) is 42.7 Å². The maximum atomic E-state index is 12.9. The van der Waals surface area contributed by atoms with Gasteiger partial charge < -0.3 is 10.4 Å². The van der Waals surface area contributed by atoms with E-state index in [2.05, 4.69) is 10.3 Å². The van der Waals surface area contributed by atoms with Crippen molar-refractivity contribution < 1.29 is 9.90 Å². The van der Waals surface area contributed by atoms with E-state index in [0.29, 0.717) is 11.4 Å². The van der Waals surface area contributed by atoms with E-state index in [1.54, 1.807) is 18.2 Å². The number of carbonyl (C=O) groups is 1. The van der Waals surface area contributed by atoms with Crippen LogP contribution in [0, 0.1) is 6.92 Å². The van der Waals surface area contributed by atoms with Crippen LogP contribution in [0.25, 0.3) is 0 Å². The summed E-state index contributed by atoms with van der Waals surface area (Å²) in [6.07, 6.45) is 0.868. The van der Waals surface area contributed by atoms with Crippen molar-refractivity contribution in [3.05, 3.63) is 86.1 Å². The molecule has 0 saturated carbocycles. The van der Waals surface area contributed by atoms with Gasteiger partial charge >= 0.3 is 5.69 Å². The number of nitrogens with zero attached hydrogens (tertiary/aromatic N) is 3. The Kier molecular flexibility index (Phi) is 7.55. The maximum absolute atomic E-state index is 12.9. The molecule has 0 aliphatic heterocycles. The Morgan fingerprint density at radius 3 is 2.36 bits per heavy atom. The van der Waals surface area contributed by atoms with E-state index in [9.17, 15) is 19.5 Å². The highest BCUT2D eigenvalue weighted by molar-refractivity contribution is 8.15. The van der Waals surface area contributed by atoms with Gasteiger partial charge in [0, 0.05) is 19.8 Å². The third-order valence-corrected chi connectivity index (χ3v) is 6.16. The summed E-state index contributed by atoms with van der Waals surface area (Å²) in [4.78, 5) is 42.2. The molecule has 2 N–H and O–H groups in total. The Bertz CT molecular complexity index is 1320. The SMILES string of the molecule is CCc1ccc(N=C(SCC(=O)Nc2ccccc2C)c2c(O)n(C)c(=O)n(C)c2=O)cc1. The van der Waals surface area contributed by atoms with Crippen LogP contribution < -0.4 is 16.6 Å². The van der Waals surface area contributed by atoms with Gasteiger partial charge in [-0.15, -0.1) is 0 Å². The molecule has 0 aliphatic rings. The number of rotatable bonds is 6. The van der Waals surface area contributed by atoms with Crippen LogP contribution in [-0.4, -0.2) is 30.9 Å². The minimum atomic E-state index is -0.689.